The lowest BCUT2D eigenvalue weighted by molar-refractivity contribution is 0.0932. The van der Waals surface area contributed by atoms with Crippen LogP contribution in [-0.4, -0.2) is 5.78 Å². The summed E-state index contributed by atoms with van der Waals surface area (Å²) in [5, 5.41) is 0.987. The second kappa shape index (κ2) is 5.57. The molecule has 3 aromatic rings. The first-order valence-corrected chi connectivity index (χ1v) is 7.29. The van der Waals surface area contributed by atoms with Crippen molar-refractivity contribution in [3.05, 3.63) is 71.5 Å². The van der Waals surface area contributed by atoms with Crippen LogP contribution < -0.4 is 0 Å². The van der Waals surface area contributed by atoms with Crippen molar-refractivity contribution in [1.82, 2.24) is 0 Å². The Morgan fingerprint density at radius 1 is 1.10 bits per heavy atom. The molecule has 21 heavy (non-hydrogen) atoms. The fourth-order valence-electron chi connectivity index (χ4n) is 2.76. The van der Waals surface area contributed by atoms with Crippen LogP contribution in [-0.2, 0) is 0 Å². The summed E-state index contributed by atoms with van der Waals surface area (Å²) in [4.78, 5) is 12.8. The Kier molecular flexibility index (Phi) is 3.61. The van der Waals surface area contributed by atoms with E-state index in [-0.39, 0.29) is 11.7 Å². The minimum Gasteiger partial charge on any atom is -0.453 e. The monoisotopic (exact) mass is 278 g/mol. The van der Waals surface area contributed by atoms with Crippen LogP contribution in [0.3, 0.4) is 0 Å². The number of carbonyl (C=O) groups excluding carboxylic acids is 1. The zero-order valence-corrected chi connectivity index (χ0v) is 12.3. The minimum atomic E-state index is -0.146. The fourth-order valence-corrected chi connectivity index (χ4v) is 2.76. The third-order valence-electron chi connectivity index (χ3n) is 3.91. The molecule has 2 aromatic carbocycles. The predicted octanol–water partition coefficient (Wildman–Crippen LogP) is 5.12. The van der Waals surface area contributed by atoms with E-state index < -0.39 is 0 Å². The van der Waals surface area contributed by atoms with E-state index in [1.54, 1.807) is 0 Å². The highest BCUT2D eigenvalue weighted by molar-refractivity contribution is 6.02. The van der Waals surface area contributed by atoms with Gasteiger partial charge in [0.25, 0.3) is 0 Å². The van der Waals surface area contributed by atoms with Gasteiger partial charge >= 0.3 is 0 Å². The van der Waals surface area contributed by atoms with Crippen molar-refractivity contribution in [3.63, 3.8) is 0 Å². The SMILES string of the molecule is CCC(C(=O)c1cc2cccc(C)c2o1)c1ccccc1. The number of Topliss-reactive ketones (excluding diaryl/α,β-unsaturated/α-hetero) is 1. The lowest BCUT2D eigenvalue weighted by atomic mass is 9.91. The Morgan fingerprint density at radius 3 is 2.52 bits per heavy atom. The number of hydrogen-bond acceptors (Lipinski definition) is 2. The first-order chi connectivity index (χ1) is 10.2. The molecule has 0 N–H and O–H groups in total. The van der Waals surface area contributed by atoms with Crippen LogP contribution in [0.25, 0.3) is 11.0 Å². The van der Waals surface area contributed by atoms with Crippen molar-refractivity contribution >= 4 is 16.8 Å². The van der Waals surface area contributed by atoms with Crippen LogP contribution in [0.5, 0.6) is 0 Å². The highest BCUT2D eigenvalue weighted by Crippen LogP contribution is 2.28. The molecule has 2 heteroatoms. The predicted molar refractivity (Wildman–Crippen MR) is 84.8 cm³/mol. The Hall–Kier alpha value is -2.35. The molecule has 1 unspecified atom stereocenters. The molecule has 0 amide bonds. The van der Waals surface area contributed by atoms with E-state index >= 15 is 0 Å². The van der Waals surface area contributed by atoms with Gasteiger partial charge in [-0.05, 0) is 30.5 Å². The molecule has 0 bridgehead atoms. The van der Waals surface area contributed by atoms with Gasteiger partial charge in [-0.3, -0.25) is 4.79 Å². The fraction of sp³-hybridized carbons (Fsp3) is 0.211. The lowest BCUT2D eigenvalue weighted by Crippen LogP contribution is -2.11. The number of para-hydroxylation sites is 1. The number of fused-ring (bicyclic) bond motifs is 1. The van der Waals surface area contributed by atoms with Crippen LogP contribution in [0.1, 0.15) is 40.9 Å². The Morgan fingerprint density at radius 2 is 1.86 bits per heavy atom. The number of hydrogen-bond donors (Lipinski definition) is 0. The highest BCUT2D eigenvalue weighted by atomic mass is 16.3. The summed E-state index contributed by atoms with van der Waals surface area (Å²) < 4.78 is 5.82. The van der Waals surface area contributed by atoms with E-state index in [1.807, 2.05) is 68.4 Å². The maximum atomic E-state index is 12.8. The maximum Gasteiger partial charge on any atom is 0.205 e. The quantitative estimate of drug-likeness (QED) is 0.620. The molecular formula is C19H18O2. The van der Waals surface area contributed by atoms with E-state index in [0.29, 0.717) is 5.76 Å². The number of rotatable bonds is 4. The summed E-state index contributed by atoms with van der Waals surface area (Å²) in [5.74, 6) is 0.362. The molecule has 0 saturated carbocycles. The maximum absolute atomic E-state index is 12.8. The van der Waals surface area contributed by atoms with Crippen LogP contribution in [0.15, 0.2) is 59.0 Å². The highest BCUT2D eigenvalue weighted by Gasteiger charge is 2.23. The van der Waals surface area contributed by atoms with E-state index in [2.05, 4.69) is 0 Å². The van der Waals surface area contributed by atoms with Crippen molar-refractivity contribution < 1.29 is 9.21 Å². The van der Waals surface area contributed by atoms with E-state index in [1.165, 1.54) is 0 Å². The number of carbonyl (C=O) groups is 1. The summed E-state index contributed by atoms with van der Waals surface area (Å²) >= 11 is 0. The van der Waals surface area contributed by atoms with Gasteiger partial charge in [0, 0.05) is 5.39 Å². The third kappa shape index (κ3) is 2.49. The van der Waals surface area contributed by atoms with Crippen molar-refractivity contribution in [2.75, 3.05) is 0 Å². The van der Waals surface area contributed by atoms with Crippen LogP contribution in [0.2, 0.25) is 0 Å². The third-order valence-corrected chi connectivity index (χ3v) is 3.91. The number of benzene rings is 2. The van der Waals surface area contributed by atoms with Crippen LogP contribution >= 0.6 is 0 Å². The second-order valence-electron chi connectivity index (χ2n) is 5.34. The summed E-state index contributed by atoms with van der Waals surface area (Å²) in [6.45, 7) is 4.03. The summed E-state index contributed by atoms with van der Waals surface area (Å²) in [6, 6.07) is 17.7. The Labute approximate surface area is 124 Å². The minimum absolute atomic E-state index is 0.0549. The molecule has 0 spiro atoms. The molecule has 106 valence electrons. The van der Waals surface area contributed by atoms with Gasteiger partial charge in [0.15, 0.2) is 5.76 Å². The summed E-state index contributed by atoms with van der Waals surface area (Å²) in [5.41, 5.74) is 2.91. The first-order valence-electron chi connectivity index (χ1n) is 7.29. The van der Waals surface area contributed by atoms with E-state index in [9.17, 15) is 4.79 Å². The molecule has 0 aliphatic rings. The van der Waals surface area contributed by atoms with Gasteiger partial charge < -0.3 is 4.42 Å². The molecule has 1 atom stereocenters. The van der Waals surface area contributed by atoms with Gasteiger partial charge in [0.1, 0.15) is 5.58 Å². The standard InChI is InChI=1S/C19H18O2/c1-3-16(14-9-5-4-6-10-14)18(20)17-12-15-11-7-8-13(2)19(15)21-17/h4-12,16H,3H2,1-2H3. The molecule has 3 rings (SSSR count). The van der Waals surface area contributed by atoms with Gasteiger partial charge in [-0.2, -0.15) is 0 Å². The van der Waals surface area contributed by atoms with Gasteiger partial charge in [-0.25, -0.2) is 0 Å². The van der Waals surface area contributed by atoms with Gasteiger partial charge in [0.05, 0.1) is 5.92 Å². The molecule has 1 heterocycles. The van der Waals surface area contributed by atoms with Crippen molar-refractivity contribution in [3.8, 4) is 0 Å². The molecule has 1 aromatic heterocycles. The number of aryl methyl sites for hydroxylation is 1. The second-order valence-corrected chi connectivity index (χ2v) is 5.34. The molecule has 0 fully saturated rings. The Bertz CT molecular complexity index is 769. The molecule has 0 radical (unpaired) electrons. The number of furan rings is 1. The molecule has 0 aliphatic heterocycles. The normalized spacial score (nSPS) is 12.5. The van der Waals surface area contributed by atoms with Crippen LogP contribution in [0.4, 0.5) is 0 Å². The van der Waals surface area contributed by atoms with Gasteiger partial charge in [-0.15, -0.1) is 0 Å². The van der Waals surface area contributed by atoms with Gasteiger partial charge in [-0.1, -0.05) is 55.5 Å². The molecule has 2 nitrogen and oxygen atoms in total. The topological polar surface area (TPSA) is 30.2 Å². The zero-order valence-electron chi connectivity index (χ0n) is 12.3. The van der Waals surface area contributed by atoms with E-state index in [4.69, 9.17) is 4.42 Å². The average Bonchev–Trinajstić information content (AvgIpc) is 2.95. The van der Waals surface area contributed by atoms with Crippen molar-refractivity contribution in [2.45, 2.75) is 26.2 Å². The van der Waals surface area contributed by atoms with Crippen molar-refractivity contribution in [1.29, 1.82) is 0 Å². The largest absolute Gasteiger partial charge is 0.453 e. The Balaban J connectivity index is 2.01. The number of ketones is 1. The molecule has 0 saturated heterocycles. The zero-order chi connectivity index (χ0) is 14.8. The molecule has 0 aliphatic carbocycles. The van der Waals surface area contributed by atoms with Gasteiger partial charge in [0.2, 0.25) is 5.78 Å². The smallest absolute Gasteiger partial charge is 0.205 e. The van der Waals surface area contributed by atoms with Crippen molar-refractivity contribution in [2.24, 2.45) is 0 Å². The lowest BCUT2D eigenvalue weighted by Gasteiger charge is -2.12. The van der Waals surface area contributed by atoms with E-state index in [0.717, 1.165) is 28.5 Å². The first kappa shape index (κ1) is 13.6. The molecular weight excluding hydrogens is 260 g/mol. The summed E-state index contributed by atoms with van der Waals surface area (Å²) in [6.07, 6.45) is 0.763. The van der Waals surface area contributed by atoms with Crippen LogP contribution in [0, 0.1) is 6.92 Å². The summed E-state index contributed by atoms with van der Waals surface area (Å²) in [7, 11) is 0. The average molecular weight is 278 g/mol.